The molecule has 4 heterocycles. The third-order valence-corrected chi connectivity index (χ3v) is 5.69. The minimum Gasteiger partial charge on any atom is -0.378 e. The number of fused-ring (bicyclic) bond motifs is 3. The molecule has 0 spiro atoms. The van der Waals surface area contributed by atoms with Gasteiger partial charge in [-0.15, -0.1) is 6.58 Å². The molecule has 0 amide bonds. The van der Waals surface area contributed by atoms with Crippen LogP contribution in [0.4, 0.5) is 0 Å². The molecular formula is C20H23N2O+. The molecule has 3 unspecified atom stereocenters. The number of piperidine rings is 1. The van der Waals surface area contributed by atoms with Crippen LogP contribution in [0.15, 0.2) is 61.0 Å². The summed E-state index contributed by atoms with van der Waals surface area (Å²) in [6.45, 7) is 6.13. The highest BCUT2D eigenvalue weighted by atomic mass is 16.3. The van der Waals surface area contributed by atoms with Gasteiger partial charge < -0.3 is 5.11 Å². The molecular weight excluding hydrogens is 284 g/mol. The zero-order valence-corrected chi connectivity index (χ0v) is 13.5. The minimum atomic E-state index is -0.568. The molecule has 1 aromatic carbocycles. The first kappa shape index (κ1) is 14.6. The van der Waals surface area contributed by atoms with Crippen molar-refractivity contribution in [2.75, 3.05) is 20.1 Å². The first-order valence-electron chi connectivity index (χ1n) is 8.33. The van der Waals surface area contributed by atoms with Crippen molar-refractivity contribution in [3.05, 3.63) is 66.5 Å². The molecule has 3 nitrogen and oxygen atoms in total. The first-order valence-corrected chi connectivity index (χ1v) is 8.33. The van der Waals surface area contributed by atoms with Gasteiger partial charge in [0, 0.05) is 29.5 Å². The Morgan fingerprint density at radius 1 is 1.35 bits per heavy atom. The number of aliphatic hydroxyl groups excluding tert-OH is 1. The number of aromatic nitrogens is 1. The molecule has 5 rings (SSSR count). The maximum Gasteiger partial charge on any atom is 0.153 e. The number of allylic oxidation sites excluding steroid dienone is 1. The van der Waals surface area contributed by atoms with Crippen LogP contribution in [-0.4, -0.2) is 34.7 Å². The Morgan fingerprint density at radius 2 is 2.17 bits per heavy atom. The second-order valence-electron chi connectivity index (χ2n) is 7.07. The van der Waals surface area contributed by atoms with Gasteiger partial charge in [0.05, 0.1) is 25.7 Å². The van der Waals surface area contributed by atoms with Crippen LogP contribution in [0.5, 0.6) is 0 Å². The Balaban J connectivity index is 1.80. The number of hydrogen-bond acceptors (Lipinski definition) is 2. The smallest absolute Gasteiger partial charge is 0.153 e. The van der Waals surface area contributed by atoms with E-state index in [0.717, 1.165) is 39.7 Å². The number of rotatable bonds is 3. The van der Waals surface area contributed by atoms with Gasteiger partial charge in [-0.05, 0) is 24.1 Å². The zero-order chi connectivity index (χ0) is 16.0. The summed E-state index contributed by atoms with van der Waals surface area (Å²) >= 11 is 0. The highest BCUT2D eigenvalue weighted by molar-refractivity contribution is 5.82. The molecule has 0 aliphatic carbocycles. The van der Waals surface area contributed by atoms with Crippen LogP contribution in [0.1, 0.15) is 18.1 Å². The van der Waals surface area contributed by atoms with Crippen LogP contribution in [0.3, 0.4) is 0 Å². The lowest BCUT2D eigenvalue weighted by atomic mass is 9.77. The van der Waals surface area contributed by atoms with Crippen molar-refractivity contribution in [2.45, 2.75) is 12.5 Å². The Labute approximate surface area is 137 Å². The molecule has 23 heavy (non-hydrogen) atoms. The van der Waals surface area contributed by atoms with E-state index in [0.29, 0.717) is 11.8 Å². The lowest BCUT2D eigenvalue weighted by molar-refractivity contribution is -0.890. The molecule has 3 aliphatic heterocycles. The van der Waals surface area contributed by atoms with Gasteiger partial charge in [-0.25, -0.2) is 0 Å². The number of likely N-dealkylation sites (N-methyl/N-ethyl adjacent to an activating group) is 1. The van der Waals surface area contributed by atoms with E-state index in [4.69, 9.17) is 0 Å². The van der Waals surface area contributed by atoms with Crippen LogP contribution in [0, 0.1) is 11.8 Å². The third kappa shape index (κ3) is 2.23. The van der Waals surface area contributed by atoms with Gasteiger partial charge in [0.2, 0.25) is 0 Å². The second kappa shape index (κ2) is 5.29. The highest BCUT2D eigenvalue weighted by Crippen LogP contribution is 2.44. The molecule has 1 saturated heterocycles. The average Bonchev–Trinajstić information content (AvgIpc) is 2.60. The summed E-state index contributed by atoms with van der Waals surface area (Å²) in [6, 6.07) is 9.99. The van der Waals surface area contributed by atoms with Crippen LogP contribution < -0.4 is 0 Å². The normalized spacial score (nSPS) is 31.0. The van der Waals surface area contributed by atoms with Crippen molar-refractivity contribution >= 4 is 10.9 Å². The Kier molecular flexibility index (Phi) is 3.36. The SMILES string of the molecule is C=C[C@H]1C[N+]2(C)CCC1C=C2C(O)c1ccnc2ccccc12. The molecule has 0 saturated carbocycles. The summed E-state index contributed by atoms with van der Waals surface area (Å²) in [5.74, 6) is 1.05. The highest BCUT2D eigenvalue weighted by Gasteiger charge is 2.46. The largest absolute Gasteiger partial charge is 0.378 e. The molecule has 2 bridgehead atoms. The number of pyridine rings is 1. The number of hydrogen-bond donors (Lipinski definition) is 1. The minimum absolute atomic E-state index is 0.519. The Hall–Kier alpha value is -1.97. The van der Waals surface area contributed by atoms with Gasteiger partial charge in [-0.3, -0.25) is 9.47 Å². The second-order valence-corrected chi connectivity index (χ2v) is 7.07. The van der Waals surface area contributed by atoms with Crippen molar-refractivity contribution in [3.8, 4) is 0 Å². The number of benzene rings is 1. The van der Waals surface area contributed by atoms with E-state index in [9.17, 15) is 5.11 Å². The van der Waals surface area contributed by atoms with Crippen molar-refractivity contribution in [3.63, 3.8) is 0 Å². The standard InChI is InChI=1S/C20H23N2O/c1-3-14-13-22(2)11-9-15(14)12-19(22)20(23)17-8-10-21-18-7-5-4-6-16(17)18/h3-8,10,12,14-15,20,23H,1,9,11,13H2,2H3/q+1/t14-,15?,20?,22?/m0/s1. The summed E-state index contributed by atoms with van der Waals surface area (Å²) in [4.78, 5) is 4.41. The number of para-hydroxylation sites is 1. The molecule has 4 atom stereocenters. The van der Waals surface area contributed by atoms with Crippen molar-refractivity contribution in [1.29, 1.82) is 0 Å². The zero-order valence-electron chi connectivity index (χ0n) is 13.5. The fourth-order valence-electron chi connectivity index (χ4n) is 4.33. The monoisotopic (exact) mass is 307 g/mol. The maximum absolute atomic E-state index is 11.2. The fourth-order valence-corrected chi connectivity index (χ4v) is 4.33. The number of aliphatic hydroxyl groups is 1. The molecule has 0 radical (unpaired) electrons. The first-order chi connectivity index (χ1) is 11.1. The van der Waals surface area contributed by atoms with Crippen LogP contribution in [0.2, 0.25) is 0 Å². The summed E-state index contributed by atoms with van der Waals surface area (Å²) in [7, 11) is 2.24. The maximum atomic E-state index is 11.2. The van der Waals surface area contributed by atoms with E-state index in [-0.39, 0.29) is 0 Å². The molecule has 3 aliphatic rings. The van der Waals surface area contributed by atoms with E-state index in [2.05, 4.69) is 30.8 Å². The summed E-state index contributed by atoms with van der Waals surface area (Å²) in [6.07, 6.45) is 6.80. The molecule has 3 heteroatoms. The Morgan fingerprint density at radius 3 is 2.96 bits per heavy atom. The van der Waals surface area contributed by atoms with E-state index < -0.39 is 6.10 Å². The third-order valence-electron chi connectivity index (χ3n) is 5.69. The quantitative estimate of drug-likeness (QED) is 0.696. The van der Waals surface area contributed by atoms with Crippen molar-refractivity contribution in [1.82, 2.24) is 4.98 Å². The molecule has 2 aromatic rings. The molecule has 1 aromatic heterocycles. The topological polar surface area (TPSA) is 33.1 Å². The summed E-state index contributed by atoms with van der Waals surface area (Å²) in [5, 5.41) is 12.2. The van der Waals surface area contributed by atoms with E-state index in [1.165, 1.54) is 6.42 Å². The van der Waals surface area contributed by atoms with Crippen LogP contribution in [0.25, 0.3) is 10.9 Å². The van der Waals surface area contributed by atoms with E-state index in [1.807, 2.05) is 30.3 Å². The van der Waals surface area contributed by atoms with Crippen LogP contribution in [-0.2, 0) is 0 Å². The molecule has 1 fully saturated rings. The van der Waals surface area contributed by atoms with Gasteiger partial charge in [0.1, 0.15) is 5.70 Å². The van der Waals surface area contributed by atoms with Crippen LogP contribution >= 0.6 is 0 Å². The fraction of sp³-hybridized carbons (Fsp3) is 0.350. The van der Waals surface area contributed by atoms with E-state index >= 15 is 0 Å². The van der Waals surface area contributed by atoms with Crippen molar-refractivity contribution < 1.29 is 9.59 Å². The molecule has 1 N–H and O–H groups in total. The van der Waals surface area contributed by atoms with Gasteiger partial charge in [0.25, 0.3) is 0 Å². The number of quaternary nitrogens is 1. The predicted octanol–water partition coefficient (Wildman–Crippen LogP) is 3.43. The molecule has 118 valence electrons. The number of nitrogens with zero attached hydrogens (tertiary/aromatic N) is 2. The summed E-state index contributed by atoms with van der Waals surface area (Å²) in [5.41, 5.74) is 3.03. The lowest BCUT2D eigenvalue weighted by Gasteiger charge is -2.50. The van der Waals surface area contributed by atoms with Crippen molar-refractivity contribution in [2.24, 2.45) is 11.8 Å². The van der Waals surface area contributed by atoms with Gasteiger partial charge in [-0.2, -0.15) is 0 Å². The van der Waals surface area contributed by atoms with Gasteiger partial charge >= 0.3 is 0 Å². The Bertz CT molecular complexity index is 792. The summed E-state index contributed by atoms with van der Waals surface area (Å²) < 4.78 is 0.824. The predicted molar refractivity (Wildman–Crippen MR) is 92.5 cm³/mol. The van der Waals surface area contributed by atoms with Gasteiger partial charge in [-0.1, -0.05) is 24.3 Å². The van der Waals surface area contributed by atoms with Gasteiger partial charge in [0.15, 0.2) is 6.10 Å². The lowest BCUT2D eigenvalue weighted by Crippen LogP contribution is -2.56. The van der Waals surface area contributed by atoms with E-state index in [1.54, 1.807) is 6.20 Å². The average molecular weight is 307 g/mol.